The van der Waals surface area contributed by atoms with Crippen LogP contribution in [0.2, 0.25) is 10.0 Å². The SMILES string of the molecule is CCCNC(=O)[C@H](Cc1ccccc1)N(Cc1c(Cl)cccc1Cl)C(=O)CN(c1ccc(C)cc1)S(=O)(=O)c1ccc(F)cc1. The van der Waals surface area contributed by atoms with Gasteiger partial charge in [0.15, 0.2) is 0 Å². The minimum absolute atomic E-state index is 0.152. The fourth-order valence-corrected chi connectivity index (χ4v) is 6.68. The Hall–Kier alpha value is -3.92. The van der Waals surface area contributed by atoms with Crippen LogP contribution in [0.5, 0.6) is 0 Å². The molecule has 1 N–H and O–H groups in total. The van der Waals surface area contributed by atoms with Crippen molar-refractivity contribution in [1.29, 1.82) is 0 Å². The molecule has 4 aromatic carbocycles. The number of sulfonamides is 1. The van der Waals surface area contributed by atoms with Crippen LogP contribution in [0.4, 0.5) is 10.1 Å². The minimum Gasteiger partial charge on any atom is -0.354 e. The first-order chi connectivity index (χ1) is 21.5. The lowest BCUT2D eigenvalue weighted by atomic mass is 10.0. The van der Waals surface area contributed by atoms with Gasteiger partial charge < -0.3 is 10.2 Å². The first-order valence-corrected chi connectivity index (χ1v) is 16.6. The summed E-state index contributed by atoms with van der Waals surface area (Å²) in [6.07, 6.45) is 0.824. The van der Waals surface area contributed by atoms with Gasteiger partial charge in [-0.3, -0.25) is 13.9 Å². The van der Waals surface area contributed by atoms with Gasteiger partial charge in [-0.05, 0) is 67.4 Å². The van der Waals surface area contributed by atoms with Gasteiger partial charge in [0, 0.05) is 35.1 Å². The largest absolute Gasteiger partial charge is 0.354 e. The topological polar surface area (TPSA) is 86.8 Å². The van der Waals surface area contributed by atoms with Gasteiger partial charge in [-0.25, -0.2) is 12.8 Å². The van der Waals surface area contributed by atoms with Gasteiger partial charge in [0.1, 0.15) is 18.4 Å². The molecule has 0 bridgehead atoms. The Labute approximate surface area is 273 Å². The van der Waals surface area contributed by atoms with E-state index in [0.29, 0.717) is 28.6 Å². The number of halogens is 3. The van der Waals surface area contributed by atoms with E-state index in [1.54, 1.807) is 42.5 Å². The van der Waals surface area contributed by atoms with Crippen molar-refractivity contribution in [3.63, 3.8) is 0 Å². The van der Waals surface area contributed by atoms with Crippen LogP contribution in [-0.4, -0.2) is 44.3 Å². The van der Waals surface area contributed by atoms with E-state index in [0.717, 1.165) is 39.7 Å². The standard InChI is InChI=1S/C34H34Cl2FN3O4S/c1-3-20-38-34(42)32(21-25-8-5-4-6-9-25)39(22-29-30(35)10-7-11-31(29)36)33(41)23-40(27-16-12-24(2)13-17-27)45(43,44)28-18-14-26(37)15-19-28/h4-19,32H,3,20-23H2,1-2H3,(H,38,42)/t32-/m0/s1. The molecule has 45 heavy (non-hydrogen) atoms. The molecule has 11 heteroatoms. The van der Waals surface area contributed by atoms with Gasteiger partial charge >= 0.3 is 0 Å². The zero-order chi connectivity index (χ0) is 32.6. The Morgan fingerprint density at radius 3 is 2.09 bits per heavy atom. The highest BCUT2D eigenvalue weighted by molar-refractivity contribution is 7.92. The molecule has 0 aliphatic heterocycles. The molecule has 2 amide bonds. The lowest BCUT2D eigenvalue weighted by Gasteiger charge is -2.34. The monoisotopic (exact) mass is 669 g/mol. The molecule has 0 heterocycles. The maximum Gasteiger partial charge on any atom is 0.264 e. The van der Waals surface area contributed by atoms with Crippen molar-refractivity contribution in [3.05, 3.63) is 130 Å². The molecule has 0 aliphatic rings. The normalized spacial score (nSPS) is 11.9. The fourth-order valence-electron chi connectivity index (χ4n) is 4.75. The Morgan fingerprint density at radius 1 is 0.867 bits per heavy atom. The van der Waals surface area contributed by atoms with Crippen LogP contribution in [0, 0.1) is 12.7 Å². The molecule has 4 aromatic rings. The molecule has 0 radical (unpaired) electrons. The molecule has 0 saturated carbocycles. The summed E-state index contributed by atoms with van der Waals surface area (Å²) < 4.78 is 42.7. The van der Waals surface area contributed by atoms with E-state index in [-0.39, 0.29) is 23.5 Å². The Balaban J connectivity index is 1.82. The van der Waals surface area contributed by atoms with Crippen LogP contribution in [0.25, 0.3) is 0 Å². The van der Waals surface area contributed by atoms with Gasteiger partial charge in [-0.15, -0.1) is 0 Å². The maximum absolute atomic E-state index is 14.5. The van der Waals surface area contributed by atoms with E-state index in [1.165, 1.54) is 4.90 Å². The highest BCUT2D eigenvalue weighted by atomic mass is 35.5. The molecular weight excluding hydrogens is 636 g/mol. The third-order valence-electron chi connectivity index (χ3n) is 7.21. The van der Waals surface area contributed by atoms with Crippen molar-refractivity contribution >= 4 is 50.7 Å². The predicted octanol–water partition coefficient (Wildman–Crippen LogP) is 6.80. The number of hydrogen-bond acceptors (Lipinski definition) is 4. The summed E-state index contributed by atoms with van der Waals surface area (Å²) in [6.45, 7) is 3.34. The van der Waals surface area contributed by atoms with Crippen LogP contribution in [0.3, 0.4) is 0 Å². The number of nitrogens with one attached hydrogen (secondary N) is 1. The molecule has 0 aromatic heterocycles. The number of anilines is 1. The number of carbonyl (C=O) groups excluding carboxylic acids is 2. The van der Waals surface area contributed by atoms with Crippen LogP contribution >= 0.6 is 23.2 Å². The maximum atomic E-state index is 14.5. The highest BCUT2D eigenvalue weighted by Gasteiger charge is 2.35. The Bertz CT molecular complexity index is 1700. The lowest BCUT2D eigenvalue weighted by Crippen LogP contribution is -2.53. The second-order valence-electron chi connectivity index (χ2n) is 10.5. The number of carbonyl (C=O) groups is 2. The van der Waals surface area contributed by atoms with Crippen molar-refractivity contribution in [2.24, 2.45) is 0 Å². The first kappa shape index (κ1) is 34.0. The summed E-state index contributed by atoms with van der Waals surface area (Å²) in [5.74, 6) is -1.66. The first-order valence-electron chi connectivity index (χ1n) is 14.4. The van der Waals surface area contributed by atoms with Crippen molar-refractivity contribution in [1.82, 2.24) is 10.2 Å². The molecule has 0 aliphatic carbocycles. The fraction of sp³-hybridized carbons (Fsp3) is 0.235. The molecule has 0 unspecified atom stereocenters. The highest BCUT2D eigenvalue weighted by Crippen LogP contribution is 2.29. The van der Waals surface area contributed by atoms with Crippen LogP contribution in [0.15, 0.2) is 102 Å². The van der Waals surface area contributed by atoms with Crippen LogP contribution in [0.1, 0.15) is 30.0 Å². The van der Waals surface area contributed by atoms with Gasteiger partial charge in [-0.1, -0.05) is 84.2 Å². The van der Waals surface area contributed by atoms with E-state index in [2.05, 4.69) is 5.32 Å². The zero-order valence-corrected chi connectivity index (χ0v) is 27.2. The molecule has 0 fully saturated rings. The van der Waals surface area contributed by atoms with Crippen molar-refractivity contribution < 1.29 is 22.4 Å². The average molecular weight is 671 g/mol. The molecule has 1 atom stereocenters. The number of aryl methyl sites for hydroxylation is 1. The minimum atomic E-state index is -4.35. The third-order valence-corrected chi connectivity index (χ3v) is 9.71. The molecule has 4 rings (SSSR count). The van der Waals surface area contributed by atoms with E-state index < -0.39 is 40.2 Å². The third kappa shape index (κ3) is 8.63. The second-order valence-corrected chi connectivity index (χ2v) is 13.2. The average Bonchev–Trinajstić information content (AvgIpc) is 3.02. The number of nitrogens with zero attached hydrogens (tertiary/aromatic N) is 2. The summed E-state index contributed by atoms with van der Waals surface area (Å²) in [4.78, 5) is 29.3. The zero-order valence-electron chi connectivity index (χ0n) is 24.9. The van der Waals surface area contributed by atoms with E-state index in [1.807, 2.05) is 44.2 Å². The molecule has 236 valence electrons. The quantitative estimate of drug-likeness (QED) is 0.170. The smallest absolute Gasteiger partial charge is 0.264 e. The van der Waals surface area contributed by atoms with Gasteiger partial charge in [0.05, 0.1) is 10.6 Å². The van der Waals surface area contributed by atoms with Crippen molar-refractivity contribution in [2.45, 2.75) is 44.2 Å². The van der Waals surface area contributed by atoms with Crippen LogP contribution < -0.4 is 9.62 Å². The molecule has 0 spiro atoms. The summed E-state index contributed by atoms with van der Waals surface area (Å²) in [6, 6.07) is 24.1. The summed E-state index contributed by atoms with van der Waals surface area (Å²) in [5, 5.41) is 3.48. The Morgan fingerprint density at radius 2 is 1.49 bits per heavy atom. The predicted molar refractivity (Wildman–Crippen MR) is 176 cm³/mol. The van der Waals surface area contributed by atoms with Gasteiger partial charge in [0.25, 0.3) is 10.0 Å². The van der Waals surface area contributed by atoms with Crippen molar-refractivity contribution in [2.75, 3.05) is 17.4 Å². The lowest BCUT2D eigenvalue weighted by molar-refractivity contribution is -0.140. The molecule has 7 nitrogen and oxygen atoms in total. The van der Waals surface area contributed by atoms with Gasteiger partial charge in [-0.2, -0.15) is 0 Å². The summed E-state index contributed by atoms with van der Waals surface area (Å²) >= 11 is 13.1. The second kappa shape index (κ2) is 15.4. The van der Waals surface area contributed by atoms with E-state index >= 15 is 0 Å². The van der Waals surface area contributed by atoms with Gasteiger partial charge in [0.2, 0.25) is 11.8 Å². The van der Waals surface area contributed by atoms with Crippen LogP contribution in [-0.2, 0) is 32.6 Å². The number of amides is 2. The van der Waals surface area contributed by atoms with E-state index in [9.17, 15) is 22.4 Å². The molecular formula is C34H34Cl2FN3O4S. The number of rotatable bonds is 13. The Kier molecular flexibility index (Phi) is 11.6. The number of benzene rings is 4. The van der Waals surface area contributed by atoms with Crippen molar-refractivity contribution in [3.8, 4) is 0 Å². The number of hydrogen-bond donors (Lipinski definition) is 1. The molecule has 0 saturated heterocycles. The summed E-state index contributed by atoms with van der Waals surface area (Å²) in [5.41, 5.74) is 2.32. The van der Waals surface area contributed by atoms with E-state index in [4.69, 9.17) is 23.2 Å². The summed E-state index contributed by atoms with van der Waals surface area (Å²) in [7, 11) is -4.35.